The van der Waals surface area contributed by atoms with Crippen molar-refractivity contribution in [3.05, 3.63) is 47.5 Å². The Morgan fingerprint density at radius 2 is 2.06 bits per heavy atom. The van der Waals surface area contributed by atoms with Crippen molar-refractivity contribution < 1.29 is 4.79 Å². The smallest absolute Gasteiger partial charge is 0.247 e. The van der Waals surface area contributed by atoms with E-state index < -0.39 is 0 Å². The van der Waals surface area contributed by atoms with Crippen LogP contribution in [0.2, 0.25) is 0 Å². The summed E-state index contributed by atoms with van der Waals surface area (Å²) in [6.45, 7) is 4.37. The number of rotatable bonds is 5. The number of nitrogens with two attached hydrogens (primary N) is 1. The molecule has 0 saturated carbocycles. The van der Waals surface area contributed by atoms with E-state index in [4.69, 9.17) is 5.73 Å². The lowest BCUT2D eigenvalue weighted by Crippen LogP contribution is -2.26. The van der Waals surface area contributed by atoms with Gasteiger partial charge in [-0.3, -0.25) is 4.79 Å². The number of amides is 1. The zero-order chi connectivity index (χ0) is 12.7. The molecule has 1 amide bonds. The molecule has 0 aliphatic heterocycles. The molecule has 1 aromatic carbocycles. The van der Waals surface area contributed by atoms with Crippen LogP contribution in [0.3, 0.4) is 0 Å². The van der Waals surface area contributed by atoms with Gasteiger partial charge in [-0.2, -0.15) is 0 Å². The predicted octanol–water partition coefficient (Wildman–Crippen LogP) is 1.99. The van der Waals surface area contributed by atoms with E-state index >= 15 is 0 Å². The largest absolute Gasteiger partial charge is 0.348 e. The normalized spacial score (nSPS) is 13.2. The molecule has 0 bridgehead atoms. The van der Waals surface area contributed by atoms with Gasteiger partial charge in [0.2, 0.25) is 5.91 Å². The molecular weight excluding hydrogens is 212 g/mol. The molecule has 0 heterocycles. The van der Waals surface area contributed by atoms with Gasteiger partial charge in [-0.1, -0.05) is 43.3 Å². The fourth-order valence-electron chi connectivity index (χ4n) is 1.56. The number of hydrogen-bond acceptors (Lipinski definition) is 2. The van der Waals surface area contributed by atoms with Crippen LogP contribution in [0.1, 0.15) is 25.8 Å². The SMILES string of the molecule is CC/C(=C\C(C)N)C(=O)NCc1ccccc1. The standard InChI is InChI=1S/C14H20N2O/c1-3-13(9-11(2)15)14(17)16-10-12-7-5-4-6-8-12/h4-9,11H,3,10,15H2,1-2H3,(H,16,17)/b13-9+. The quantitative estimate of drug-likeness (QED) is 0.763. The molecular formula is C14H20N2O. The maximum absolute atomic E-state index is 11.8. The molecule has 92 valence electrons. The van der Waals surface area contributed by atoms with E-state index in [0.717, 1.165) is 11.1 Å². The molecule has 0 radical (unpaired) electrons. The van der Waals surface area contributed by atoms with Crippen LogP contribution in [0.5, 0.6) is 0 Å². The highest BCUT2D eigenvalue weighted by Crippen LogP contribution is 2.03. The molecule has 0 saturated heterocycles. The Balaban J connectivity index is 2.54. The zero-order valence-electron chi connectivity index (χ0n) is 10.4. The van der Waals surface area contributed by atoms with Gasteiger partial charge in [-0.25, -0.2) is 0 Å². The third kappa shape index (κ3) is 4.83. The third-order valence-corrected chi connectivity index (χ3v) is 2.43. The predicted molar refractivity (Wildman–Crippen MR) is 70.3 cm³/mol. The van der Waals surface area contributed by atoms with Crippen LogP contribution >= 0.6 is 0 Å². The Labute approximate surface area is 103 Å². The van der Waals surface area contributed by atoms with Crippen molar-refractivity contribution in [3.8, 4) is 0 Å². The summed E-state index contributed by atoms with van der Waals surface area (Å²) < 4.78 is 0. The molecule has 1 atom stereocenters. The molecule has 3 N–H and O–H groups in total. The number of hydrogen-bond donors (Lipinski definition) is 2. The van der Waals surface area contributed by atoms with Crippen LogP contribution in [0.25, 0.3) is 0 Å². The molecule has 3 nitrogen and oxygen atoms in total. The summed E-state index contributed by atoms with van der Waals surface area (Å²) >= 11 is 0. The van der Waals surface area contributed by atoms with E-state index in [9.17, 15) is 4.79 Å². The lowest BCUT2D eigenvalue weighted by Gasteiger charge is -2.08. The second-order valence-corrected chi connectivity index (χ2v) is 4.07. The number of carbonyl (C=O) groups is 1. The highest BCUT2D eigenvalue weighted by atomic mass is 16.1. The fraction of sp³-hybridized carbons (Fsp3) is 0.357. The first kappa shape index (κ1) is 13.5. The van der Waals surface area contributed by atoms with E-state index in [1.165, 1.54) is 0 Å². The molecule has 1 rings (SSSR count). The van der Waals surface area contributed by atoms with Crippen LogP contribution in [-0.4, -0.2) is 11.9 Å². The average molecular weight is 232 g/mol. The Morgan fingerprint density at radius 3 is 2.59 bits per heavy atom. The van der Waals surface area contributed by atoms with Crippen molar-refractivity contribution in [2.75, 3.05) is 0 Å². The summed E-state index contributed by atoms with van der Waals surface area (Å²) in [7, 11) is 0. The van der Waals surface area contributed by atoms with E-state index in [1.807, 2.05) is 44.2 Å². The van der Waals surface area contributed by atoms with Crippen LogP contribution in [-0.2, 0) is 11.3 Å². The first-order valence-electron chi connectivity index (χ1n) is 5.92. The first-order valence-corrected chi connectivity index (χ1v) is 5.92. The van der Waals surface area contributed by atoms with Gasteiger partial charge in [-0.15, -0.1) is 0 Å². The first-order chi connectivity index (χ1) is 8.13. The van der Waals surface area contributed by atoms with Crippen molar-refractivity contribution in [3.63, 3.8) is 0 Å². The van der Waals surface area contributed by atoms with Crippen LogP contribution < -0.4 is 11.1 Å². The average Bonchev–Trinajstić information content (AvgIpc) is 2.34. The topological polar surface area (TPSA) is 55.1 Å². The molecule has 0 spiro atoms. The summed E-state index contributed by atoms with van der Waals surface area (Å²) in [4.78, 5) is 11.8. The molecule has 0 fully saturated rings. The molecule has 1 aromatic rings. The van der Waals surface area contributed by atoms with Crippen molar-refractivity contribution in [2.24, 2.45) is 5.73 Å². The van der Waals surface area contributed by atoms with Crippen LogP contribution in [0.15, 0.2) is 42.0 Å². The van der Waals surface area contributed by atoms with Crippen LogP contribution in [0, 0.1) is 0 Å². The second kappa shape index (κ2) is 6.86. The maximum atomic E-state index is 11.8. The lowest BCUT2D eigenvalue weighted by molar-refractivity contribution is -0.117. The number of nitrogens with one attached hydrogen (secondary N) is 1. The minimum absolute atomic E-state index is 0.0337. The van der Waals surface area contributed by atoms with Gasteiger partial charge < -0.3 is 11.1 Å². The summed E-state index contributed by atoms with van der Waals surface area (Å²) in [6.07, 6.45) is 2.50. The van der Waals surface area contributed by atoms with Gasteiger partial charge in [0.15, 0.2) is 0 Å². The molecule has 0 aliphatic carbocycles. The molecule has 3 heteroatoms. The monoisotopic (exact) mass is 232 g/mol. The minimum atomic E-state index is -0.0903. The van der Waals surface area contributed by atoms with Crippen molar-refractivity contribution in [2.45, 2.75) is 32.9 Å². The van der Waals surface area contributed by atoms with Gasteiger partial charge >= 0.3 is 0 Å². The zero-order valence-corrected chi connectivity index (χ0v) is 10.4. The van der Waals surface area contributed by atoms with Crippen molar-refractivity contribution in [1.82, 2.24) is 5.32 Å². The summed E-state index contributed by atoms with van der Waals surface area (Å²) in [5, 5.41) is 2.89. The van der Waals surface area contributed by atoms with Crippen LogP contribution in [0.4, 0.5) is 0 Å². The minimum Gasteiger partial charge on any atom is -0.348 e. The van der Waals surface area contributed by atoms with Gasteiger partial charge in [0.25, 0.3) is 0 Å². The Kier molecular flexibility index (Phi) is 5.43. The maximum Gasteiger partial charge on any atom is 0.247 e. The molecule has 17 heavy (non-hydrogen) atoms. The Morgan fingerprint density at radius 1 is 1.41 bits per heavy atom. The second-order valence-electron chi connectivity index (χ2n) is 4.07. The third-order valence-electron chi connectivity index (χ3n) is 2.43. The lowest BCUT2D eigenvalue weighted by atomic mass is 10.1. The van der Waals surface area contributed by atoms with E-state index in [2.05, 4.69) is 5.32 Å². The molecule has 0 aromatic heterocycles. The highest BCUT2D eigenvalue weighted by Gasteiger charge is 2.07. The van der Waals surface area contributed by atoms with Gasteiger partial charge in [0.1, 0.15) is 0 Å². The van der Waals surface area contributed by atoms with E-state index in [0.29, 0.717) is 13.0 Å². The Hall–Kier alpha value is -1.61. The summed E-state index contributed by atoms with van der Waals surface area (Å²) in [5.74, 6) is -0.0337. The van der Waals surface area contributed by atoms with Gasteiger partial charge in [-0.05, 0) is 18.9 Å². The van der Waals surface area contributed by atoms with Gasteiger partial charge in [0.05, 0.1) is 0 Å². The van der Waals surface area contributed by atoms with E-state index in [-0.39, 0.29) is 11.9 Å². The van der Waals surface area contributed by atoms with Crippen molar-refractivity contribution in [1.29, 1.82) is 0 Å². The fourth-order valence-corrected chi connectivity index (χ4v) is 1.56. The summed E-state index contributed by atoms with van der Waals surface area (Å²) in [6, 6.07) is 9.76. The highest BCUT2D eigenvalue weighted by molar-refractivity contribution is 5.93. The number of benzene rings is 1. The number of carbonyl (C=O) groups excluding carboxylic acids is 1. The van der Waals surface area contributed by atoms with Crippen molar-refractivity contribution >= 4 is 5.91 Å². The summed E-state index contributed by atoms with van der Waals surface area (Å²) in [5.41, 5.74) is 7.50. The van der Waals surface area contributed by atoms with Gasteiger partial charge in [0, 0.05) is 18.2 Å². The van der Waals surface area contributed by atoms with E-state index in [1.54, 1.807) is 6.08 Å². The molecule has 1 unspecified atom stereocenters. The molecule has 0 aliphatic rings. The Bertz CT molecular complexity index is 382.